The molecular formula is C24H24N2O2S. The maximum Gasteiger partial charge on any atom is 0.322 e. The molecule has 1 atom stereocenters. The number of rotatable bonds is 5. The number of carbonyl (C=O) groups is 1. The molecule has 1 aliphatic heterocycles. The summed E-state index contributed by atoms with van der Waals surface area (Å²) in [6.07, 6.45) is 0.537. The molecule has 1 aliphatic rings. The van der Waals surface area contributed by atoms with Gasteiger partial charge in [-0.2, -0.15) is 0 Å². The van der Waals surface area contributed by atoms with Gasteiger partial charge in [0.15, 0.2) is 0 Å². The van der Waals surface area contributed by atoms with Crippen molar-refractivity contribution in [2.45, 2.75) is 23.9 Å². The lowest BCUT2D eigenvalue weighted by Gasteiger charge is -2.33. The lowest BCUT2D eigenvalue weighted by molar-refractivity contribution is -0.141. The highest BCUT2D eigenvalue weighted by Gasteiger charge is 2.32. The lowest BCUT2D eigenvalue weighted by atomic mass is 9.96. The molecule has 0 radical (unpaired) electrons. The Balaban J connectivity index is 1.51. The molecule has 0 unspecified atom stereocenters. The minimum Gasteiger partial charge on any atom is -0.480 e. The van der Waals surface area contributed by atoms with Crippen LogP contribution in [-0.2, 0) is 17.8 Å². The quantitative estimate of drug-likeness (QED) is 0.610. The van der Waals surface area contributed by atoms with Crippen molar-refractivity contribution in [2.75, 3.05) is 19.0 Å². The smallest absolute Gasteiger partial charge is 0.322 e. The summed E-state index contributed by atoms with van der Waals surface area (Å²) < 4.78 is 1.98. The molecule has 0 saturated heterocycles. The molecule has 0 aromatic heterocycles. The van der Waals surface area contributed by atoms with E-state index in [4.69, 9.17) is 0 Å². The van der Waals surface area contributed by atoms with E-state index in [0.29, 0.717) is 13.0 Å². The van der Waals surface area contributed by atoms with E-state index in [1.807, 2.05) is 36.6 Å². The molecule has 4 nitrogen and oxygen atoms in total. The Hall–Kier alpha value is -2.76. The summed E-state index contributed by atoms with van der Waals surface area (Å²) in [6, 6.07) is 24.4. The van der Waals surface area contributed by atoms with Crippen LogP contribution in [0.15, 0.2) is 77.7 Å². The highest BCUT2D eigenvalue weighted by Crippen LogP contribution is 2.34. The molecule has 0 bridgehead atoms. The van der Waals surface area contributed by atoms with Crippen molar-refractivity contribution in [2.24, 2.45) is 0 Å². The zero-order valence-corrected chi connectivity index (χ0v) is 17.4. The van der Waals surface area contributed by atoms with Crippen LogP contribution in [0.25, 0.3) is 11.1 Å². The third-order valence-corrected chi connectivity index (χ3v) is 6.39. The van der Waals surface area contributed by atoms with Gasteiger partial charge in [0, 0.05) is 31.2 Å². The van der Waals surface area contributed by atoms with Crippen molar-refractivity contribution in [3.8, 4) is 11.1 Å². The van der Waals surface area contributed by atoms with Gasteiger partial charge >= 0.3 is 5.97 Å². The second kappa shape index (κ2) is 8.31. The normalized spacial score (nSPS) is 16.3. The van der Waals surface area contributed by atoms with E-state index in [1.165, 1.54) is 28.8 Å². The number of benzene rings is 3. The average molecular weight is 405 g/mol. The molecule has 0 fully saturated rings. The van der Waals surface area contributed by atoms with Crippen molar-refractivity contribution < 1.29 is 9.90 Å². The number of anilines is 1. The largest absolute Gasteiger partial charge is 0.480 e. The van der Waals surface area contributed by atoms with Crippen LogP contribution in [-0.4, -0.2) is 35.5 Å². The van der Waals surface area contributed by atoms with Crippen LogP contribution >= 0.6 is 11.9 Å². The van der Waals surface area contributed by atoms with Crippen LogP contribution in [0.3, 0.4) is 0 Å². The molecule has 3 aromatic rings. The fourth-order valence-corrected chi connectivity index (χ4v) is 4.63. The zero-order chi connectivity index (χ0) is 20.4. The molecule has 4 rings (SSSR count). The van der Waals surface area contributed by atoms with Gasteiger partial charge in [-0.25, -0.2) is 4.31 Å². The molecule has 3 aromatic carbocycles. The van der Waals surface area contributed by atoms with E-state index in [0.717, 1.165) is 16.0 Å². The Bertz CT molecular complexity index is 1000. The number of carboxylic acids is 1. The van der Waals surface area contributed by atoms with Gasteiger partial charge in [-0.3, -0.25) is 4.79 Å². The summed E-state index contributed by atoms with van der Waals surface area (Å²) in [5.74, 6) is -0.774. The fraction of sp³-hybridized carbons (Fsp3) is 0.208. The average Bonchev–Trinajstić information content (AvgIpc) is 2.74. The molecule has 0 spiro atoms. The van der Waals surface area contributed by atoms with Gasteiger partial charge < -0.3 is 10.0 Å². The highest BCUT2D eigenvalue weighted by molar-refractivity contribution is 7.97. The second-order valence-electron chi connectivity index (χ2n) is 7.46. The maximum atomic E-state index is 11.8. The van der Waals surface area contributed by atoms with E-state index in [-0.39, 0.29) is 0 Å². The molecule has 0 aliphatic carbocycles. The Morgan fingerprint density at radius 3 is 2.10 bits per heavy atom. The summed E-state index contributed by atoms with van der Waals surface area (Å²) in [7, 11) is 4.06. The first kappa shape index (κ1) is 19.6. The molecular weight excluding hydrogens is 380 g/mol. The van der Waals surface area contributed by atoms with Crippen molar-refractivity contribution >= 4 is 23.6 Å². The van der Waals surface area contributed by atoms with E-state index in [9.17, 15) is 9.90 Å². The first-order chi connectivity index (χ1) is 14.0. The number of hydrogen-bond acceptors (Lipinski definition) is 4. The van der Waals surface area contributed by atoms with Gasteiger partial charge in [0.1, 0.15) is 6.04 Å². The number of fused-ring (bicyclic) bond motifs is 1. The molecule has 1 heterocycles. The zero-order valence-electron chi connectivity index (χ0n) is 16.6. The fourth-order valence-electron chi connectivity index (χ4n) is 3.60. The van der Waals surface area contributed by atoms with E-state index in [1.54, 1.807) is 0 Å². The Morgan fingerprint density at radius 2 is 1.52 bits per heavy atom. The SMILES string of the molecule is CN(C)c1ccc(-c2ccc(SN3Cc4ccccc4C[C@@H]3C(=O)O)cc2)cc1. The van der Waals surface area contributed by atoms with Gasteiger partial charge in [-0.1, -0.05) is 48.5 Å². The van der Waals surface area contributed by atoms with Crippen LogP contribution in [0.4, 0.5) is 5.69 Å². The van der Waals surface area contributed by atoms with Gasteiger partial charge in [0.2, 0.25) is 0 Å². The first-order valence-electron chi connectivity index (χ1n) is 9.63. The molecule has 5 heteroatoms. The van der Waals surface area contributed by atoms with Crippen molar-refractivity contribution in [1.29, 1.82) is 0 Å². The van der Waals surface area contributed by atoms with Crippen molar-refractivity contribution in [3.63, 3.8) is 0 Å². The summed E-state index contributed by atoms with van der Waals surface area (Å²) in [5.41, 5.74) is 5.83. The number of carboxylic acid groups (broad SMARTS) is 1. The van der Waals surface area contributed by atoms with Gasteiger partial charge in [-0.15, -0.1) is 0 Å². The Kier molecular flexibility index (Phi) is 5.60. The van der Waals surface area contributed by atoms with Crippen LogP contribution in [0.5, 0.6) is 0 Å². The second-order valence-corrected chi connectivity index (χ2v) is 8.58. The third kappa shape index (κ3) is 4.31. The topological polar surface area (TPSA) is 43.8 Å². The van der Waals surface area contributed by atoms with Crippen molar-refractivity contribution in [1.82, 2.24) is 4.31 Å². The van der Waals surface area contributed by atoms with Gasteiger partial charge in [0.05, 0.1) is 0 Å². The molecule has 1 N–H and O–H groups in total. The van der Waals surface area contributed by atoms with Gasteiger partial charge in [0.25, 0.3) is 0 Å². The van der Waals surface area contributed by atoms with E-state index in [2.05, 4.69) is 59.5 Å². The monoisotopic (exact) mass is 404 g/mol. The summed E-state index contributed by atoms with van der Waals surface area (Å²) in [5, 5.41) is 9.71. The minimum absolute atomic E-state index is 0.520. The number of aliphatic carboxylic acids is 1. The molecule has 29 heavy (non-hydrogen) atoms. The predicted molar refractivity (Wildman–Crippen MR) is 119 cm³/mol. The highest BCUT2D eigenvalue weighted by atomic mass is 32.2. The Labute approximate surface area is 175 Å². The predicted octanol–water partition coefficient (Wildman–Crippen LogP) is 4.94. The maximum absolute atomic E-state index is 11.8. The first-order valence-corrected chi connectivity index (χ1v) is 10.4. The minimum atomic E-state index is -0.774. The molecule has 0 saturated carbocycles. The molecule has 148 valence electrons. The van der Waals surface area contributed by atoms with Gasteiger partial charge in [-0.05, 0) is 64.9 Å². The molecule has 0 amide bonds. The summed E-state index contributed by atoms with van der Waals surface area (Å²) >= 11 is 1.52. The summed E-state index contributed by atoms with van der Waals surface area (Å²) in [4.78, 5) is 14.9. The standard InChI is InChI=1S/C24H24N2O2S/c1-25(2)21-11-7-17(8-12-21)18-9-13-22(14-10-18)29-26-16-20-6-4-3-5-19(20)15-23(26)24(27)28/h3-14,23H,15-16H2,1-2H3,(H,27,28)/t23-/m1/s1. The van der Waals surface area contributed by atoms with Crippen LogP contribution < -0.4 is 4.90 Å². The van der Waals surface area contributed by atoms with E-state index >= 15 is 0 Å². The van der Waals surface area contributed by atoms with Crippen LogP contribution in [0.2, 0.25) is 0 Å². The van der Waals surface area contributed by atoms with E-state index < -0.39 is 12.0 Å². The lowest BCUT2D eigenvalue weighted by Crippen LogP contribution is -2.41. The third-order valence-electron chi connectivity index (χ3n) is 5.28. The Morgan fingerprint density at radius 1 is 0.931 bits per heavy atom. The summed E-state index contributed by atoms with van der Waals surface area (Å²) in [6.45, 7) is 0.631. The van der Waals surface area contributed by atoms with Crippen LogP contribution in [0, 0.1) is 0 Å². The van der Waals surface area contributed by atoms with Crippen LogP contribution in [0.1, 0.15) is 11.1 Å². The number of hydrogen-bond donors (Lipinski definition) is 1. The van der Waals surface area contributed by atoms with Crippen molar-refractivity contribution in [3.05, 3.63) is 83.9 Å². The number of nitrogens with zero attached hydrogens (tertiary/aromatic N) is 2.